The first-order valence-electron chi connectivity index (χ1n) is 7.69. The van der Waals surface area contributed by atoms with Crippen LogP contribution in [0.2, 0.25) is 0 Å². The smallest absolute Gasteiger partial charge is 0.275 e. The fraction of sp³-hybridized carbons (Fsp3) is 0.412. The highest BCUT2D eigenvalue weighted by Crippen LogP contribution is 2.35. The van der Waals surface area contributed by atoms with E-state index in [2.05, 4.69) is 36.2 Å². The zero-order valence-electron chi connectivity index (χ0n) is 13.7. The van der Waals surface area contributed by atoms with Crippen molar-refractivity contribution in [3.8, 4) is 0 Å². The number of aryl methyl sites for hydroxylation is 1. The molecule has 0 unspecified atom stereocenters. The topological polar surface area (TPSA) is 53.8 Å². The SMILES string of the molecule is CN(Cc1ccc(S(=O)(=O)N(C)C)o1)[C@@H]1CCc2ccccc21. The van der Waals surface area contributed by atoms with Crippen molar-refractivity contribution in [2.45, 2.75) is 30.5 Å². The Hall–Kier alpha value is -1.63. The molecule has 6 heteroatoms. The quantitative estimate of drug-likeness (QED) is 0.843. The summed E-state index contributed by atoms with van der Waals surface area (Å²) >= 11 is 0. The maximum absolute atomic E-state index is 12.1. The molecule has 0 saturated heterocycles. The van der Waals surface area contributed by atoms with E-state index in [1.54, 1.807) is 6.07 Å². The first-order chi connectivity index (χ1) is 10.9. The lowest BCUT2D eigenvalue weighted by atomic mass is 10.1. The van der Waals surface area contributed by atoms with Gasteiger partial charge < -0.3 is 4.42 Å². The van der Waals surface area contributed by atoms with E-state index in [0.717, 1.165) is 17.1 Å². The van der Waals surface area contributed by atoms with Gasteiger partial charge in [0.2, 0.25) is 5.09 Å². The largest absolute Gasteiger partial charge is 0.447 e. The van der Waals surface area contributed by atoms with Crippen LogP contribution in [0.25, 0.3) is 0 Å². The molecule has 0 fully saturated rings. The Bertz CT molecular complexity index is 796. The Morgan fingerprint density at radius 1 is 1.13 bits per heavy atom. The summed E-state index contributed by atoms with van der Waals surface area (Å²) < 4.78 is 30.9. The Morgan fingerprint density at radius 3 is 2.61 bits per heavy atom. The molecule has 0 aliphatic heterocycles. The van der Waals surface area contributed by atoms with Gasteiger partial charge >= 0.3 is 0 Å². The Labute approximate surface area is 137 Å². The van der Waals surface area contributed by atoms with Crippen molar-refractivity contribution in [3.05, 3.63) is 53.3 Å². The molecule has 0 spiro atoms. The van der Waals surface area contributed by atoms with Crippen LogP contribution in [0.15, 0.2) is 45.9 Å². The highest BCUT2D eigenvalue weighted by molar-refractivity contribution is 7.88. The fourth-order valence-corrected chi connectivity index (χ4v) is 3.92. The fourth-order valence-electron chi connectivity index (χ4n) is 3.11. The average Bonchev–Trinajstić information content (AvgIpc) is 3.13. The van der Waals surface area contributed by atoms with Crippen molar-refractivity contribution in [1.82, 2.24) is 9.21 Å². The molecule has 5 nitrogen and oxygen atoms in total. The summed E-state index contributed by atoms with van der Waals surface area (Å²) in [5, 5.41) is -0.00211. The summed E-state index contributed by atoms with van der Waals surface area (Å²) in [5.41, 5.74) is 2.77. The molecule has 1 heterocycles. The number of furan rings is 1. The molecular formula is C17H22N2O3S. The second kappa shape index (κ2) is 6.11. The molecule has 1 aromatic carbocycles. The van der Waals surface area contributed by atoms with E-state index in [4.69, 9.17) is 4.42 Å². The van der Waals surface area contributed by atoms with Crippen molar-refractivity contribution < 1.29 is 12.8 Å². The second-order valence-electron chi connectivity index (χ2n) is 6.18. The monoisotopic (exact) mass is 334 g/mol. The summed E-state index contributed by atoms with van der Waals surface area (Å²) in [4.78, 5) is 2.22. The Kier molecular flexibility index (Phi) is 4.31. The van der Waals surface area contributed by atoms with Crippen LogP contribution in [0.1, 0.15) is 29.3 Å². The highest BCUT2D eigenvalue weighted by atomic mass is 32.2. The number of rotatable bonds is 5. The zero-order chi connectivity index (χ0) is 16.6. The minimum atomic E-state index is -3.51. The van der Waals surface area contributed by atoms with E-state index in [-0.39, 0.29) is 5.09 Å². The lowest BCUT2D eigenvalue weighted by molar-refractivity contribution is 0.211. The molecule has 1 aliphatic rings. The third-order valence-corrected chi connectivity index (χ3v) is 6.10. The van der Waals surface area contributed by atoms with E-state index in [9.17, 15) is 8.42 Å². The number of sulfonamides is 1. The van der Waals surface area contributed by atoms with E-state index < -0.39 is 10.0 Å². The van der Waals surface area contributed by atoms with Gasteiger partial charge in [-0.25, -0.2) is 12.7 Å². The van der Waals surface area contributed by atoms with Crippen LogP contribution in [-0.2, 0) is 23.0 Å². The van der Waals surface area contributed by atoms with Crippen LogP contribution < -0.4 is 0 Å². The van der Waals surface area contributed by atoms with Gasteiger partial charge in [0, 0.05) is 20.1 Å². The molecule has 0 bridgehead atoms. The molecule has 2 aromatic rings. The normalized spacial score (nSPS) is 17.9. The predicted octanol–water partition coefficient (Wildman–Crippen LogP) is 2.65. The maximum Gasteiger partial charge on any atom is 0.275 e. The van der Waals surface area contributed by atoms with Gasteiger partial charge in [-0.1, -0.05) is 24.3 Å². The molecule has 1 aromatic heterocycles. The Balaban J connectivity index is 1.75. The van der Waals surface area contributed by atoms with Gasteiger partial charge in [-0.05, 0) is 43.1 Å². The minimum absolute atomic E-state index is 0.00211. The predicted molar refractivity (Wildman–Crippen MR) is 88.6 cm³/mol. The van der Waals surface area contributed by atoms with Crippen molar-refractivity contribution >= 4 is 10.0 Å². The molecule has 3 rings (SSSR count). The molecule has 0 amide bonds. The van der Waals surface area contributed by atoms with Gasteiger partial charge in [0.05, 0.1) is 6.54 Å². The zero-order valence-corrected chi connectivity index (χ0v) is 14.5. The number of hydrogen-bond donors (Lipinski definition) is 0. The summed E-state index contributed by atoms with van der Waals surface area (Å²) in [6.45, 7) is 0.585. The number of fused-ring (bicyclic) bond motifs is 1. The first-order valence-corrected chi connectivity index (χ1v) is 9.13. The first kappa shape index (κ1) is 16.2. The standard InChI is InChI=1S/C17H22N2O3S/c1-18(2)23(20,21)17-11-9-14(22-17)12-19(3)16-10-8-13-6-4-5-7-15(13)16/h4-7,9,11,16H,8,10,12H2,1-3H3/t16-/m1/s1. The summed E-state index contributed by atoms with van der Waals surface area (Å²) in [7, 11) is 1.54. The molecule has 23 heavy (non-hydrogen) atoms. The van der Waals surface area contributed by atoms with Gasteiger partial charge in [0.25, 0.3) is 10.0 Å². The lowest BCUT2D eigenvalue weighted by Gasteiger charge is -2.24. The van der Waals surface area contributed by atoms with Gasteiger partial charge in [-0.15, -0.1) is 0 Å². The van der Waals surface area contributed by atoms with Crippen LogP contribution in [0.4, 0.5) is 0 Å². The maximum atomic E-state index is 12.1. The van der Waals surface area contributed by atoms with Gasteiger partial charge in [0.1, 0.15) is 5.76 Å². The van der Waals surface area contributed by atoms with Crippen molar-refractivity contribution in [1.29, 1.82) is 0 Å². The molecule has 0 radical (unpaired) electrons. The average molecular weight is 334 g/mol. The summed E-state index contributed by atoms with van der Waals surface area (Å²) in [5.74, 6) is 0.664. The summed E-state index contributed by atoms with van der Waals surface area (Å²) in [6, 6.07) is 12.1. The van der Waals surface area contributed by atoms with Crippen molar-refractivity contribution in [2.75, 3.05) is 21.1 Å². The molecule has 1 aliphatic carbocycles. The lowest BCUT2D eigenvalue weighted by Crippen LogP contribution is -2.22. The van der Waals surface area contributed by atoms with Crippen molar-refractivity contribution in [2.24, 2.45) is 0 Å². The minimum Gasteiger partial charge on any atom is -0.447 e. The van der Waals surface area contributed by atoms with Crippen LogP contribution in [-0.4, -0.2) is 38.8 Å². The van der Waals surface area contributed by atoms with Crippen LogP contribution >= 0.6 is 0 Å². The van der Waals surface area contributed by atoms with E-state index in [0.29, 0.717) is 18.3 Å². The van der Waals surface area contributed by atoms with Crippen molar-refractivity contribution in [3.63, 3.8) is 0 Å². The third-order valence-electron chi connectivity index (χ3n) is 4.41. The number of nitrogens with zero attached hydrogens (tertiary/aromatic N) is 2. The molecule has 0 saturated carbocycles. The second-order valence-corrected chi connectivity index (χ2v) is 8.26. The van der Waals surface area contributed by atoms with Gasteiger partial charge in [0.15, 0.2) is 0 Å². The van der Waals surface area contributed by atoms with E-state index in [1.807, 2.05) is 0 Å². The summed E-state index contributed by atoms with van der Waals surface area (Å²) in [6.07, 6.45) is 2.17. The highest BCUT2D eigenvalue weighted by Gasteiger charge is 2.27. The van der Waals surface area contributed by atoms with E-state index >= 15 is 0 Å². The number of benzene rings is 1. The van der Waals surface area contributed by atoms with Crippen LogP contribution in [0.3, 0.4) is 0 Å². The van der Waals surface area contributed by atoms with E-state index in [1.165, 1.54) is 31.3 Å². The molecular weight excluding hydrogens is 312 g/mol. The van der Waals surface area contributed by atoms with Gasteiger partial charge in [-0.2, -0.15) is 0 Å². The van der Waals surface area contributed by atoms with Gasteiger partial charge in [-0.3, -0.25) is 4.90 Å². The molecule has 0 N–H and O–H groups in total. The molecule has 1 atom stereocenters. The van der Waals surface area contributed by atoms with Crippen LogP contribution in [0.5, 0.6) is 0 Å². The van der Waals surface area contributed by atoms with Crippen LogP contribution in [0, 0.1) is 0 Å². The molecule has 124 valence electrons. The number of hydrogen-bond acceptors (Lipinski definition) is 4. The third kappa shape index (κ3) is 3.06. The Morgan fingerprint density at radius 2 is 1.87 bits per heavy atom.